The normalized spacial score (nSPS) is 12.4. The summed E-state index contributed by atoms with van der Waals surface area (Å²) < 4.78 is 1.78. The Kier molecular flexibility index (Phi) is 5.84. The Balaban J connectivity index is 2.22. The van der Waals surface area contributed by atoms with Gasteiger partial charge in [0.25, 0.3) is 5.56 Å². The van der Waals surface area contributed by atoms with Crippen molar-refractivity contribution in [3.05, 3.63) is 70.3 Å². The number of nitrogens with zero attached hydrogens (tertiary/aromatic N) is 2. The number of fused-ring (bicyclic) bond motifs is 1. The Morgan fingerprint density at radius 2 is 1.92 bits per heavy atom. The average molecular weight is 349 g/mol. The fourth-order valence-corrected chi connectivity index (χ4v) is 3.27. The summed E-state index contributed by atoms with van der Waals surface area (Å²) in [5.74, 6) is 0.790. The second kappa shape index (κ2) is 8.28. The molecule has 136 valence electrons. The van der Waals surface area contributed by atoms with Gasteiger partial charge in [-0.3, -0.25) is 9.36 Å². The molecule has 4 nitrogen and oxygen atoms in total. The largest absolute Gasteiger partial charge is 0.307 e. The summed E-state index contributed by atoms with van der Waals surface area (Å²) in [6, 6.07) is 15.7. The van der Waals surface area contributed by atoms with Gasteiger partial charge in [0.15, 0.2) is 0 Å². The van der Waals surface area contributed by atoms with Crippen LogP contribution in [0.5, 0.6) is 0 Å². The topological polar surface area (TPSA) is 46.9 Å². The highest BCUT2D eigenvalue weighted by Crippen LogP contribution is 2.21. The molecule has 1 atom stereocenters. The SMILES string of the molecule is CCCCN[C@H](CC)c1nc2ccccc2c(=O)n1-c1cccc(C)c1. The first-order valence-corrected chi connectivity index (χ1v) is 9.47. The van der Waals surface area contributed by atoms with Crippen molar-refractivity contribution >= 4 is 10.9 Å². The van der Waals surface area contributed by atoms with Crippen molar-refractivity contribution in [2.75, 3.05) is 6.54 Å². The maximum Gasteiger partial charge on any atom is 0.266 e. The summed E-state index contributed by atoms with van der Waals surface area (Å²) in [6.07, 6.45) is 3.12. The summed E-state index contributed by atoms with van der Waals surface area (Å²) >= 11 is 0. The molecule has 1 N–H and O–H groups in total. The van der Waals surface area contributed by atoms with Crippen molar-refractivity contribution < 1.29 is 0 Å². The molecule has 1 heterocycles. The molecule has 0 bridgehead atoms. The molecule has 0 aliphatic heterocycles. The average Bonchev–Trinajstić information content (AvgIpc) is 2.65. The van der Waals surface area contributed by atoms with Gasteiger partial charge in [-0.05, 0) is 56.1 Å². The van der Waals surface area contributed by atoms with Gasteiger partial charge in [-0.2, -0.15) is 0 Å². The molecule has 0 amide bonds. The van der Waals surface area contributed by atoms with Crippen LogP contribution in [0.4, 0.5) is 0 Å². The van der Waals surface area contributed by atoms with Crippen LogP contribution in [0.25, 0.3) is 16.6 Å². The summed E-state index contributed by atoms with van der Waals surface area (Å²) in [7, 11) is 0. The van der Waals surface area contributed by atoms with Crippen molar-refractivity contribution in [1.82, 2.24) is 14.9 Å². The number of nitrogens with one attached hydrogen (secondary N) is 1. The van der Waals surface area contributed by atoms with Crippen LogP contribution >= 0.6 is 0 Å². The van der Waals surface area contributed by atoms with Crippen molar-refractivity contribution in [3.8, 4) is 5.69 Å². The number of rotatable bonds is 7. The first kappa shape index (κ1) is 18.3. The quantitative estimate of drug-likeness (QED) is 0.637. The number of para-hydroxylation sites is 1. The van der Waals surface area contributed by atoms with E-state index in [2.05, 4.69) is 19.2 Å². The van der Waals surface area contributed by atoms with Gasteiger partial charge >= 0.3 is 0 Å². The Bertz CT molecular complexity index is 946. The van der Waals surface area contributed by atoms with E-state index in [0.29, 0.717) is 5.39 Å². The van der Waals surface area contributed by atoms with Crippen LogP contribution in [0, 0.1) is 6.92 Å². The van der Waals surface area contributed by atoms with Crippen LogP contribution in [-0.4, -0.2) is 16.1 Å². The van der Waals surface area contributed by atoms with E-state index >= 15 is 0 Å². The minimum Gasteiger partial charge on any atom is -0.307 e. The lowest BCUT2D eigenvalue weighted by Crippen LogP contribution is -2.31. The standard InChI is InChI=1S/C22H27N3O/c1-4-6-14-23-19(5-2)21-24-20-13-8-7-12-18(20)22(26)25(21)17-11-9-10-16(3)15-17/h7-13,15,19,23H,4-6,14H2,1-3H3/t19-/m1/s1. The fourth-order valence-electron chi connectivity index (χ4n) is 3.27. The number of hydrogen-bond acceptors (Lipinski definition) is 3. The molecule has 0 unspecified atom stereocenters. The molecule has 0 spiro atoms. The van der Waals surface area contributed by atoms with E-state index in [1.807, 2.05) is 55.5 Å². The van der Waals surface area contributed by atoms with E-state index in [-0.39, 0.29) is 11.6 Å². The van der Waals surface area contributed by atoms with Crippen molar-refractivity contribution in [1.29, 1.82) is 0 Å². The first-order valence-electron chi connectivity index (χ1n) is 9.47. The molecule has 4 heteroatoms. The zero-order chi connectivity index (χ0) is 18.5. The lowest BCUT2D eigenvalue weighted by molar-refractivity contribution is 0.476. The van der Waals surface area contributed by atoms with E-state index in [4.69, 9.17) is 4.98 Å². The molecule has 0 aliphatic rings. The third-order valence-corrected chi connectivity index (χ3v) is 4.70. The van der Waals surface area contributed by atoms with Crippen LogP contribution in [0.2, 0.25) is 0 Å². The number of aromatic nitrogens is 2. The van der Waals surface area contributed by atoms with E-state index in [0.717, 1.165) is 48.4 Å². The van der Waals surface area contributed by atoms with Gasteiger partial charge in [0.1, 0.15) is 5.82 Å². The van der Waals surface area contributed by atoms with Crippen LogP contribution in [0.3, 0.4) is 0 Å². The van der Waals surface area contributed by atoms with Gasteiger partial charge in [-0.15, -0.1) is 0 Å². The second-order valence-electron chi connectivity index (χ2n) is 6.74. The molecule has 0 fully saturated rings. The molecule has 3 rings (SSSR count). The van der Waals surface area contributed by atoms with Crippen LogP contribution in [0.1, 0.15) is 50.5 Å². The van der Waals surface area contributed by atoms with E-state index in [1.54, 1.807) is 4.57 Å². The minimum atomic E-state index is -0.00746. The predicted molar refractivity (Wildman–Crippen MR) is 108 cm³/mol. The van der Waals surface area contributed by atoms with E-state index in [9.17, 15) is 4.79 Å². The molecule has 0 saturated carbocycles. The maximum atomic E-state index is 13.3. The first-order chi connectivity index (χ1) is 12.7. The Labute approximate surface area is 154 Å². The lowest BCUT2D eigenvalue weighted by atomic mass is 10.1. The van der Waals surface area contributed by atoms with Crippen molar-refractivity contribution in [2.45, 2.75) is 46.1 Å². The van der Waals surface area contributed by atoms with Gasteiger partial charge in [0, 0.05) is 0 Å². The third kappa shape index (κ3) is 3.70. The number of hydrogen-bond donors (Lipinski definition) is 1. The smallest absolute Gasteiger partial charge is 0.266 e. The zero-order valence-electron chi connectivity index (χ0n) is 15.8. The lowest BCUT2D eigenvalue weighted by Gasteiger charge is -2.22. The second-order valence-corrected chi connectivity index (χ2v) is 6.74. The third-order valence-electron chi connectivity index (χ3n) is 4.70. The highest BCUT2D eigenvalue weighted by atomic mass is 16.1. The van der Waals surface area contributed by atoms with Gasteiger partial charge < -0.3 is 5.32 Å². The number of aryl methyl sites for hydroxylation is 1. The summed E-state index contributed by atoms with van der Waals surface area (Å²) in [4.78, 5) is 18.2. The number of benzene rings is 2. The Morgan fingerprint density at radius 1 is 1.12 bits per heavy atom. The molecule has 1 aromatic heterocycles. The van der Waals surface area contributed by atoms with Crippen LogP contribution in [0.15, 0.2) is 53.3 Å². The Morgan fingerprint density at radius 3 is 2.65 bits per heavy atom. The molecule has 0 radical (unpaired) electrons. The van der Waals surface area contributed by atoms with E-state index in [1.165, 1.54) is 0 Å². The molecule has 0 saturated heterocycles. The van der Waals surface area contributed by atoms with Gasteiger partial charge in [-0.1, -0.05) is 44.5 Å². The van der Waals surface area contributed by atoms with Crippen LogP contribution < -0.4 is 10.9 Å². The molecular weight excluding hydrogens is 322 g/mol. The van der Waals surface area contributed by atoms with Gasteiger partial charge in [0.2, 0.25) is 0 Å². The number of unbranched alkanes of at least 4 members (excludes halogenated alkanes) is 1. The minimum absolute atomic E-state index is 0.00746. The molecule has 3 aromatic rings. The van der Waals surface area contributed by atoms with E-state index < -0.39 is 0 Å². The summed E-state index contributed by atoms with van der Waals surface area (Å²) in [6.45, 7) is 7.27. The zero-order valence-corrected chi connectivity index (χ0v) is 15.8. The maximum absolute atomic E-state index is 13.3. The highest BCUT2D eigenvalue weighted by molar-refractivity contribution is 5.77. The Hall–Kier alpha value is -2.46. The van der Waals surface area contributed by atoms with Gasteiger partial charge in [-0.25, -0.2) is 4.98 Å². The molecule has 2 aromatic carbocycles. The van der Waals surface area contributed by atoms with Crippen molar-refractivity contribution in [3.63, 3.8) is 0 Å². The fraction of sp³-hybridized carbons (Fsp3) is 0.364. The predicted octanol–water partition coefficient (Wildman–Crippen LogP) is 4.53. The molecule has 0 aliphatic carbocycles. The highest BCUT2D eigenvalue weighted by Gasteiger charge is 2.19. The van der Waals surface area contributed by atoms with Crippen LogP contribution in [-0.2, 0) is 0 Å². The van der Waals surface area contributed by atoms with Crippen molar-refractivity contribution in [2.24, 2.45) is 0 Å². The summed E-state index contributed by atoms with van der Waals surface area (Å²) in [5, 5.41) is 4.23. The van der Waals surface area contributed by atoms with Gasteiger partial charge in [0.05, 0.1) is 22.6 Å². The summed E-state index contributed by atoms with van der Waals surface area (Å²) in [5.41, 5.74) is 2.75. The molecule has 26 heavy (non-hydrogen) atoms. The molecular formula is C22H27N3O. The monoisotopic (exact) mass is 349 g/mol.